The lowest BCUT2D eigenvalue weighted by Crippen LogP contribution is -2.38. The van der Waals surface area contributed by atoms with Crippen molar-refractivity contribution in [2.24, 2.45) is 5.73 Å². The van der Waals surface area contributed by atoms with Crippen LogP contribution in [0.4, 0.5) is 5.69 Å². The molecule has 1 aromatic heterocycles. The zero-order valence-corrected chi connectivity index (χ0v) is 17.5. The van der Waals surface area contributed by atoms with Crippen molar-refractivity contribution >= 4 is 17.4 Å². The van der Waals surface area contributed by atoms with E-state index in [1.165, 1.54) is 19.7 Å². The van der Waals surface area contributed by atoms with Crippen LogP contribution < -0.4 is 20.3 Å². The molecule has 0 radical (unpaired) electrons. The number of fused-ring (bicyclic) bond motifs is 1. The Morgan fingerprint density at radius 2 is 2.03 bits per heavy atom. The van der Waals surface area contributed by atoms with Gasteiger partial charge in [-0.1, -0.05) is 12.5 Å². The molecule has 1 fully saturated rings. The number of hydrogen-bond acceptors (Lipinski definition) is 7. The van der Waals surface area contributed by atoms with Gasteiger partial charge in [0.2, 0.25) is 11.7 Å². The second-order valence-electron chi connectivity index (χ2n) is 8.07. The van der Waals surface area contributed by atoms with Gasteiger partial charge in [0.05, 0.1) is 24.9 Å². The third kappa shape index (κ3) is 4.20. The number of benzene rings is 1. The Kier molecular flexibility index (Phi) is 6.08. The monoisotopic (exact) mass is 424 g/mol. The molecule has 0 saturated heterocycles. The number of hydroxylamine groups is 1. The first kappa shape index (κ1) is 21.1. The number of anilines is 1. The Morgan fingerprint density at radius 1 is 1.26 bits per heavy atom. The van der Waals surface area contributed by atoms with Crippen LogP contribution in [0.15, 0.2) is 36.5 Å². The standard InChI is InChI=1S/C23H26N3O5/c1-30-19-12-14(9-10-18(19)31-15-6-3-2-4-7-15)16(13-20(24)27)22-23(28)21-17(26(22)29)8-5-11-25-21/h5,8-12,15-16,22H,2-4,6-7,13H2,1H3,(H2,24,27)/q-1. The second kappa shape index (κ2) is 8.93. The number of carbonyl (C=O) groups is 2. The average Bonchev–Trinajstić information content (AvgIpc) is 3.03. The summed E-state index contributed by atoms with van der Waals surface area (Å²) in [5.41, 5.74) is 6.40. The van der Waals surface area contributed by atoms with E-state index in [1.807, 2.05) is 0 Å². The number of methoxy groups -OCH3 is 1. The van der Waals surface area contributed by atoms with Gasteiger partial charge in [0.25, 0.3) is 0 Å². The van der Waals surface area contributed by atoms with Crippen molar-refractivity contribution < 1.29 is 19.1 Å². The highest BCUT2D eigenvalue weighted by Gasteiger charge is 2.40. The van der Waals surface area contributed by atoms with Crippen molar-refractivity contribution in [3.8, 4) is 11.5 Å². The van der Waals surface area contributed by atoms with E-state index < -0.39 is 23.7 Å². The number of ketones is 1. The number of nitrogens with zero attached hydrogens (tertiary/aromatic N) is 2. The molecule has 8 nitrogen and oxygen atoms in total. The third-order valence-corrected chi connectivity index (χ3v) is 6.04. The van der Waals surface area contributed by atoms with Gasteiger partial charge in [-0.25, -0.2) is 0 Å². The van der Waals surface area contributed by atoms with E-state index in [0.29, 0.717) is 22.1 Å². The molecule has 1 amide bonds. The predicted molar refractivity (Wildman–Crippen MR) is 115 cm³/mol. The molecule has 8 heteroatoms. The van der Waals surface area contributed by atoms with Gasteiger partial charge >= 0.3 is 0 Å². The molecule has 1 aliphatic heterocycles. The maximum atomic E-state index is 13.0. The Balaban J connectivity index is 1.65. The van der Waals surface area contributed by atoms with Gasteiger partial charge in [-0.3, -0.25) is 14.6 Å². The fourth-order valence-corrected chi connectivity index (χ4v) is 4.51. The third-order valence-electron chi connectivity index (χ3n) is 6.04. The van der Waals surface area contributed by atoms with E-state index in [0.717, 1.165) is 25.7 Å². The largest absolute Gasteiger partial charge is 0.758 e. The van der Waals surface area contributed by atoms with E-state index in [1.54, 1.807) is 30.3 Å². The highest BCUT2D eigenvalue weighted by atomic mass is 16.5. The summed E-state index contributed by atoms with van der Waals surface area (Å²) >= 11 is 0. The van der Waals surface area contributed by atoms with E-state index in [9.17, 15) is 14.8 Å². The van der Waals surface area contributed by atoms with Gasteiger partial charge in [0, 0.05) is 18.5 Å². The van der Waals surface area contributed by atoms with Gasteiger partial charge in [-0.15, -0.1) is 0 Å². The highest BCUT2D eigenvalue weighted by Crippen LogP contribution is 2.41. The summed E-state index contributed by atoms with van der Waals surface area (Å²) in [5, 5.41) is 13.6. The molecule has 4 rings (SSSR count). The van der Waals surface area contributed by atoms with Crippen LogP contribution in [-0.2, 0) is 4.79 Å². The topological polar surface area (TPSA) is 118 Å². The molecular formula is C23H26N3O5-. The molecule has 1 aromatic carbocycles. The lowest BCUT2D eigenvalue weighted by atomic mass is 9.86. The fraction of sp³-hybridized carbons (Fsp3) is 0.435. The lowest BCUT2D eigenvalue weighted by molar-refractivity contribution is -0.118. The molecule has 2 heterocycles. The van der Waals surface area contributed by atoms with Crippen molar-refractivity contribution in [2.45, 2.75) is 56.6 Å². The van der Waals surface area contributed by atoms with E-state index in [4.69, 9.17) is 15.2 Å². The van der Waals surface area contributed by atoms with Crippen molar-refractivity contribution in [1.82, 2.24) is 4.98 Å². The Labute approximate surface area is 180 Å². The van der Waals surface area contributed by atoms with Gasteiger partial charge < -0.3 is 25.5 Å². The SMILES string of the molecule is COc1cc(C(CC(N)=O)C2C(=O)c3ncccc3N2[O-])ccc1OC1CCCCC1. The van der Waals surface area contributed by atoms with E-state index in [-0.39, 0.29) is 23.9 Å². The molecule has 0 spiro atoms. The quantitative estimate of drug-likeness (QED) is 0.724. The Morgan fingerprint density at radius 3 is 2.71 bits per heavy atom. The molecule has 31 heavy (non-hydrogen) atoms. The van der Waals surface area contributed by atoms with Crippen LogP contribution in [-0.4, -0.2) is 35.9 Å². The number of aromatic nitrogens is 1. The van der Waals surface area contributed by atoms with Gasteiger partial charge in [-0.05, 0) is 55.5 Å². The number of pyridine rings is 1. The number of ether oxygens (including phenoxy) is 2. The maximum Gasteiger partial charge on any atom is 0.218 e. The summed E-state index contributed by atoms with van der Waals surface area (Å²) in [7, 11) is 1.54. The summed E-state index contributed by atoms with van der Waals surface area (Å²) in [6.07, 6.45) is 6.97. The molecular weight excluding hydrogens is 398 g/mol. The van der Waals surface area contributed by atoms with Crippen LogP contribution in [0.2, 0.25) is 0 Å². The number of hydrogen-bond donors (Lipinski definition) is 1. The number of rotatable bonds is 7. The second-order valence-corrected chi connectivity index (χ2v) is 8.07. The average molecular weight is 424 g/mol. The van der Waals surface area contributed by atoms with Crippen LogP contribution >= 0.6 is 0 Å². The van der Waals surface area contributed by atoms with Crippen molar-refractivity contribution in [1.29, 1.82) is 0 Å². The molecule has 164 valence electrons. The molecule has 2 aromatic rings. The molecule has 1 aliphatic carbocycles. The molecule has 2 N–H and O–H groups in total. The first-order valence-corrected chi connectivity index (χ1v) is 10.6. The number of Topliss-reactive ketones (excluding diaryl/α,β-unsaturated/α-hetero) is 1. The lowest BCUT2D eigenvalue weighted by Gasteiger charge is -2.36. The summed E-state index contributed by atoms with van der Waals surface area (Å²) in [6, 6.07) is 7.30. The van der Waals surface area contributed by atoms with Crippen molar-refractivity contribution in [3.05, 3.63) is 53.0 Å². The van der Waals surface area contributed by atoms with Gasteiger partial charge in [-0.2, -0.15) is 0 Å². The summed E-state index contributed by atoms with van der Waals surface area (Å²) in [4.78, 5) is 28.9. The normalized spacial score (nSPS) is 19.7. The van der Waals surface area contributed by atoms with Crippen LogP contribution in [0.1, 0.15) is 60.5 Å². The van der Waals surface area contributed by atoms with Crippen molar-refractivity contribution in [3.63, 3.8) is 0 Å². The number of primary amides is 1. The molecule has 0 bridgehead atoms. The van der Waals surface area contributed by atoms with Crippen LogP contribution in [0.25, 0.3) is 0 Å². The molecule has 2 unspecified atom stereocenters. The first-order valence-electron chi connectivity index (χ1n) is 10.6. The zero-order chi connectivity index (χ0) is 22.0. The van der Waals surface area contributed by atoms with E-state index >= 15 is 0 Å². The minimum absolute atomic E-state index is 0.112. The van der Waals surface area contributed by atoms with E-state index in [2.05, 4.69) is 4.98 Å². The molecule has 1 saturated carbocycles. The summed E-state index contributed by atoms with van der Waals surface area (Å²) < 4.78 is 11.7. The zero-order valence-electron chi connectivity index (χ0n) is 17.5. The minimum atomic E-state index is -1.12. The summed E-state index contributed by atoms with van der Waals surface area (Å²) in [5.74, 6) is -0.655. The Hall–Kier alpha value is -3.13. The molecule has 2 atom stereocenters. The van der Waals surface area contributed by atoms with Gasteiger partial charge in [0.15, 0.2) is 11.5 Å². The Bertz CT molecular complexity index is 973. The van der Waals surface area contributed by atoms with Gasteiger partial charge in [0.1, 0.15) is 5.69 Å². The molecule has 2 aliphatic rings. The van der Waals surface area contributed by atoms with Crippen LogP contribution in [0, 0.1) is 5.21 Å². The summed E-state index contributed by atoms with van der Waals surface area (Å²) in [6.45, 7) is 0. The number of carbonyl (C=O) groups excluding carboxylic acids is 2. The highest BCUT2D eigenvalue weighted by molar-refractivity contribution is 6.10. The van der Waals surface area contributed by atoms with Crippen LogP contribution in [0.3, 0.4) is 0 Å². The first-order chi connectivity index (χ1) is 15.0. The fourth-order valence-electron chi connectivity index (χ4n) is 4.51. The number of amides is 1. The minimum Gasteiger partial charge on any atom is -0.758 e. The predicted octanol–water partition coefficient (Wildman–Crippen LogP) is 3.33. The maximum absolute atomic E-state index is 13.0. The number of nitrogens with two attached hydrogens (primary N) is 1. The smallest absolute Gasteiger partial charge is 0.218 e. The van der Waals surface area contributed by atoms with Crippen LogP contribution in [0.5, 0.6) is 11.5 Å². The van der Waals surface area contributed by atoms with Crippen molar-refractivity contribution in [2.75, 3.05) is 12.2 Å².